The van der Waals surface area contributed by atoms with Crippen LogP contribution in [0.5, 0.6) is 5.75 Å². The maximum Gasteiger partial charge on any atom is 0.343 e. The van der Waals surface area contributed by atoms with Crippen molar-refractivity contribution in [2.75, 3.05) is 25.1 Å². The Bertz CT molecular complexity index is 1190. The lowest BCUT2D eigenvalue weighted by Gasteiger charge is -2.35. The van der Waals surface area contributed by atoms with Gasteiger partial charge in [0.25, 0.3) is 5.91 Å². The summed E-state index contributed by atoms with van der Waals surface area (Å²) in [4.78, 5) is 35.5. The van der Waals surface area contributed by atoms with Crippen molar-refractivity contribution in [1.29, 1.82) is 0 Å². The minimum absolute atomic E-state index is 0.298. The summed E-state index contributed by atoms with van der Waals surface area (Å²) in [5, 5.41) is 1.91. The molecule has 1 N–H and O–H groups in total. The number of aromatic nitrogens is 3. The van der Waals surface area contributed by atoms with Gasteiger partial charge in [-0.2, -0.15) is 0 Å². The number of rotatable bonds is 6. The molecule has 1 aliphatic rings. The van der Waals surface area contributed by atoms with Crippen molar-refractivity contribution in [3.05, 3.63) is 71.4 Å². The number of nitrogens with zero attached hydrogens (tertiary/aromatic N) is 5. The summed E-state index contributed by atoms with van der Waals surface area (Å²) < 4.78 is 7.21. The topological polar surface area (TPSA) is 92.6 Å². The van der Waals surface area contributed by atoms with Gasteiger partial charge in [-0.1, -0.05) is 11.6 Å². The second-order valence-corrected chi connectivity index (χ2v) is 7.88. The molecule has 0 aliphatic carbocycles. The van der Waals surface area contributed by atoms with Gasteiger partial charge in [0.2, 0.25) is 0 Å². The molecule has 170 valence electrons. The van der Waals surface area contributed by atoms with E-state index in [1.807, 2.05) is 13.1 Å². The Morgan fingerprint density at radius 2 is 2.00 bits per heavy atom. The molecule has 0 atom stereocenters. The van der Waals surface area contributed by atoms with Gasteiger partial charge in [0.1, 0.15) is 6.33 Å². The molecule has 4 rings (SSSR count). The number of hydrogen-bond donors (Lipinski definition) is 1. The molecule has 0 saturated carbocycles. The fourth-order valence-electron chi connectivity index (χ4n) is 3.46. The molecule has 1 fully saturated rings. The minimum Gasteiger partial charge on any atom is -0.493 e. The van der Waals surface area contributed by atoms with E-state index in [-0.39, 0.29) is 6.03 Å². The first-order valence-electron chi connectivity index (χ1n) is 10.3. The molecule has 33 heavy (non-hydrogen) atoms. The third-order valence-corrected chi connectivity index (χ3v) is 5.32. The lowest BCUT2D eigenvalue weighted by atomic mass is 10.2. The number of carbonyl (C=O) groups excluding carboxylic acids is 2. The van der Waals surface area contributed by atoms with Gasteiger partial charge in [-0.3, -0.25) is 19.7 Å². The van der Waals surface area contributed by atoms with E-state index in [0.29, 0.717) is 41.7 Å². The highest BCUT2D eigenvalue weighted by Gasteiger charge is 2.27. The number of pyridine rings is 1. The van der Waals surface area contributed by atoms with Crippen molar-refractivity contribution in [3.8, 4) is 11.6 Å². The van der Waals surface area contributed by atoms with Crippen molar-refractivity contribution >= 4 is 35.3 Å². The van der Waals surface area contributed by atoms with Crippen LogP contribution in [0.15, 0.2) is 55.1 Å². The second kappa shape index (κ2) is 9.74. The normalized spacial score (nSPS) is 14.1. The van der Waals surface area contributed by atoms with Crippen LogP contribution in [0.4, 0.5) is 10.5 Å². The summed E-state index contributed by atoms with van der Waals surface area (Å²) in [6.07, 6.45) is 8.81. The monoisotopic (exact) mass is 466 g/mol. The fraction of sp³-hybridized carbons (Fsp3) is 0.217. The summed E-state index contributed by atoms with van der Waals surface area (Å²) in [5.41, 5.74) is 4.91. The minimum atomic E-state index is -0.422. The lowest BCUT2D eigenvalue weighted by Crippen LogP contribution is -2.56. The van der Waals surface area contributed by atoms with Gasteiger partial charge >= 0.3 is 6.03 Å². The highest BCUT2D eigenvalue weighted by Crippen LogP contribution is 2.23. The van der Waals surface area contributed by atoms with Crippen molar-refractivity contribution in [2.24, 2.45) is 0 Å². The Morgan fingerprint density at radius 1 is 1.21 bits per heavy atom. The summed E-state index contributed by atoms with van der Waals surface area (Å²) in [6, 6.07) is 8.49. The summed E-state index contributed by atoms with van der Waals surface area (Å²) in [6.45, 7) is 2.88. The lowest BCUT2D eigenvalue weighted by molar-refractivity contribution is -0.120. The van der Waals surface area contributed by atoms with E-state index < -0.39 is 5.91 Å². The highest BCUT2D eigenvalue weighted by molar-refractivity contribution is 6.30. The molecule has 0 bridgehead atoms. The highest BCUT2D eigenvalue weighted by atomic mass is 35.5. The smallest absolute Gasteiger partial charge is 0.343 e. The largest absolute Gasteiger partial charge is 0.493 e. The average Bonchev–Trinajstić information content (AvgIpc) is 3.25. The number of halogens is 1. The van der Waals surface area contributed by atoms with Crippen molar-refractivity contribution in [3.63, 3.8) is 0 Å². The van der Waals surface area contributed by atoms with Gasteiger partial charge in [-0.25, -0.2) is 19.8 Å². The zero-order chi connectivity index (χ0) is 23.4. The number of benzene rings is 1. The number of nitrogens with one attached hydrogen (secondary N) is 1. The first-order chi connectivity index (χ1) is 15.9. The molecule has 2 aromatic heterocycles. The van der Waals surface area contributed by atoms with Crippen LogP contribution in [0.2, 0.25) is 5.02 Å². The number of ether oxygens (including phenoxy) is 1. The number of amides is 3. The molecule has 0 unspecified atom stereocenters. The number of carbonyl (C=O) groups is 2. The molecule has 3 aromatic rings. The molecule has 1 aliphatic heterocycles. The van der Waals surface area contributed by atoms with E-state index in [2.05, 4.69) is 15.4 Å². The predicted molar refractivity (Wildman–Crippen MR) is 125 cm³/mol. The molecule has 9 nitrogen and oxygen atoms in total. The van der Waals surface area contributed by atoms with Crippen LogP contribution in [-0.4, -0.2) is 51.7 Å². The molecule has 1 saturated heterocycles. The number of hydrazine groups is 1. The van der Waals surface area contributed by atoms with Crippen LogP contribution >= 0.6 is 11.6 Å². The van der Waals surface area contributed by atoms with Crippen LogP contribution < -0.4 is 15.1 Å². The Labute approximate surface area is 196 Å². The molecule has 0 radical (unpaired) electrons. The molecule has 10 heteroatoms. The van der Waals surface area contributed by atoms with E-state index >= 15 is 0 Å². The first kappa shape index (κ1) is 22.3. The van der Waals surface area contributed by atoms with Crippen LogP contribution in [-0.2, 0) is 4.79 Å². The van der Waals surface area contributed by atoms with Crippen LogP contribution in [0, 0.1) is 6.92 Å². The van der Waals surface area contributed by atoms with E-state index in [1.165, 1.54) is 11.1 Å². The number of anilines is 1. The van der Waals surface area contributed by atoms with Crippen LogP contribution in [0.25, 0.3) is 11.9 Å². The van der Waals surface area contributed by atoms with E-state index in [0.717, 1.165) is 11.4 Å². The second-order valence-electron chi connectivity index (χ2n) is 7.44. The van der Waals surface area contributed by atoms with E-state index in [1.54, 1.807) is 65.5 Å². The van der Waals surface area contributed by atoms with Crippen LogP contribution in [0.1, 0.15) is 17.7 Å². The Kier molecular flexibility index (Phi) is 6.60. The van der Waals surface area contributed by atoms with Gasteiger partial charge < -0.3 is 4.74 Å². The number of aryl methyl sites for hydroxylation is 1. The Balaban J connectivity index is 1.42. The molecular weight excluding hydrogens is 444 g/mol. The van der Waals surface area contributed by atoms with Gasteiger partial charge in [0, 0.05) is 42.3 Å². The van der Waals surface area contributed by atoms with Crippen LogP contribution in [0.3, 0.4) is 0 Å². The third-order valence-electron chi connectivity index (χ3n) is 5.07. The molecular formula is C23H23ClN6O3. The quantitative estimate of drug-likeness (QED) is 0.560. The summed E-state index contributed by atoms with van der Waals surface area (Å²) in [7, 11) is 1.55. The van der Waals surface area contributed by atoms with Gasteiger partial charge in [0.05, 0.1) is 12.8 Å². The third kappa shape index (κ3) is 5.15. The molecule has 1 aromatic carbocycles. The zero-order valence-corrected chi connectivity index (χ0v) is 19.0. The number of urea groups is 1. The zero-order valence-electron chi connectivity index (χ0n) is 18.2. The number of methoxy groups -OCH3 is 1. The van der Waals surface area contributed by atoms with Gasteiger partial charge in [0.15, 0.2) is 11.6 Å². The first-order valence-corrected chi connectivity index (χ1v) is 10.7. The summed E-state index contributed by atoms with van der Waals surface area (Å²) in [5.74, 6) is 0.718. The average molecular weight is 467 g/mol. The Hall–Kier alpha value is -3.85. The maximum atomic E-state index is 12.8. The van der Waals surface area contributed by atoms with Gasteiger partial charge in [-0.15, -0.1) is 0 Å². The molecule has 3 heterocycles. The van der Waals surface area contributed by atoms with E-state index in [4.69, 9.17) is 16.3 Å². The van der Waals surface area contributed by atoms with Gasteiger partial charge in [-0.05, 0) is 55.3 Å². The maximum absolute atomic E-state index is 12.8. The van der Waals surface area contributed by atoms with Crippen molar-refractivity contribution in [2.45, 2.75) is 13.3 Å². The van der Waals surface area contributed by atoms with Crippen molar-refractivity contribution < 1.29 is 14.3 Å². The molecule has 0 spiro atoms. The predicted octanol–water partition coefficient (Wildman–Crippen LogP) is 3.61. The Morgan fingerprint density at radius 3 is 2.70 bits per heavy atom. The fourth-order valence-corrected chi connectivity index (χ4v) is 3.58. The SMILES string of the molecule is COc1cc(/C=C/C(=O)NN2CCCN(c3ccc(Cl)cc3)C2=O)cnc1-n1cnc(C)c1. The van der Waals surface area contributed by atoms with E-state index in [9.17, 15) is 9.59 Å². The number of imidazole rings is 1. The number of hydrogen-bond acceptors (Lipinski definition) is 5. The van der Waals surface area contributed by atoms with Crippen molar-refractivity contribution in [1.82, 2.24) is 25.0 Å². The summed E-state index contributed by atoms with van der Waals surface area (Å²) >= 11 is 5.93. The standard InChI is InChI=1S/C23H23ClN6O3/c1-16-14-28(15-26-16)22-20(33-2)12-17(13-25-22)4-9-21(31)27-30-11-3-10-29(23(30)32)19-7-5-18(24)6-8-19/h4-9,12-15H,3,10-11H2,1-2H3,(H,27,31)/b9-4+. The molecule has 3 amide bonds.